The normalized spacial score (nSPS) is 11.5. The second-order valence-electron chi connectivity index (χ2n) is 3.96. The molecule has 2 aromatic heterocycles. The van der Waals surface area contributed by atoms with Gasteiger partial charge in [0.15, 0.2) is 11.5 Å². The maximum atomic E-state index is 9.29. The van der Waals surface area contributed by atoms with Gasteiger partial charge in [0.05, 0.1) is 5.52 Å². The Morgan fingerprint density at radius 1 is 1.29 bits per heavy atom. The van der Waals surface area contributed by atoms with Crippen molar-refractivity contribution in [1.82, 2.24) is 14.6 Å². The van der Waals surface area contributed by atoms with Crippen molar-refractivity contribution in [2.24, 2.45) is 0 Å². The molecule has 17 heavy (non-hydrogen) atoms. The van der Waals surface area contributed by atoms with Crippen molar-refractivity contribution in [3.8, 4) is 0 Å². The molecule has 1 aromatic carbocycles. The van der Waals surface area contributed by atoms with Crippen LogP contribution >= 0.6 is 15.9 Å². The van der Waals surface area contributed by atoms with Crippen LogP contribution in [0, 0.1) is 6.92 Å². The van der Waals surface area contributed by atoms with Crippen LogP contribution in [0.5, 0.6) is 0 Å². The first-order valence-electron chi connectivity index (χ1n) is 5.24. The molecule has 3 aromatic rings. The van der Waals surface area contributed by atoms with Crippen molar-refractivity contribution in [3.63, 3.8) is 0 Å². The summed E-state index contributed by atoms with van der Waals surface area (Å²) in [6.45, 7) is 1.93. The minimum absolute atomic E-state index is 0.119. The van der Waals surface area contributed by atoms with E-state index in [0.717, 1.165) is 26.6 Å². The fourth-order valence-electron chi connectivity index (χ4n) is 2.08. The van der Waals surface area contributed by atoms with Crippen LogP contribution in [0.4, 0.5) is 0 Å². The van der Waals surface area contributed by atoms with Crippen LogP contribution < -0.4 is 0 Å². The topological polar surface area (TPSA) is 50.4 Å². The number of aromatic nitrogens is 3. The Morgan fingerprint density at radius 3 is 2.88 bits per heavy atom. The highest BCUT2D eigenvalue weighted by atomic mass is 79.9. The first-order chi connectivity index (χ1) is 8.20. The van der Waals surface area contributed by atoms with Gasteiger partial charge in [0, 0.05) is 9.86 Å². The van der Waals surface area contributed by atoms with E-state index >= 15 is 0 Å². The highest BCUT2D eigenvalue weighted by Crippen LogP contribution is 2.25. The average molecular weight is 292 g/mol. The van der Waals surface area contributed by atoms with E-state index in [1.807, 2.05) is 29.5 Å². The Hall–Kier alpha value is -1.46. The summed E-state index contributed by atoms with van der Waals surface area (Å²) in [5.41, 5.74) is 2.91. The summed E-state index contributed by atoms with van der Waals surface area (Å²) in [6, 6.07) is 8.04. The van der Waals surface area contributed by atoms with Crippen molar-refractivity contribution in [1.29, 1.82) is 0 Å². The predicted molar refractivity (Wildman–Crippen MR) is 68.9 cm³/mol. The third kappa shape index (κ3) is 1.54. The first kappa shape index (κ1) is 10.7. The Bertz CT molecular complexity index is 720. The second kappa shape index (κ2) is 3.78. The molecule has 0 saturated carbocycles. The van der Waals surface area contributed by atoms with Gasteiger partial charge in [-0.2, -0.15) is 0 Å². The third-order valence-electron chi connectivity index (χ3n) is 2.87. The van der Waals surface area contributed by atoms with Crippen molar-refractivity contribution < 1.29 is 5.11 Å². The zero-order valence-electron chi connectivity index (χ0n) is 9.18. The number of pyridine rings is 1. The third-order valence-corrected chi connectivity index (χ3v) is 3.36. The van der Waals surface area contributed by atoms with Gasteiger partial charge in [-0.25, -0.2) is 0 Å². The number of hydrogen-bond donors (Lipinski definition) is 1. The molecule has 0 saturated heterocycles. The second-order valence-corrected chi connectivity index (χ2v) is 4.87. The Balaban J connectivity index is 2.58. The van der Waals surface area contributed by atoms with E-state index in [1.165, 1.54) is 0 Å². The van der Waals surface area contributed by atoms with Crippen molar-refractivity contribution in [3.05, 3.63) is 40.1 Å². The van der Waals surface area contributed by atoms with E-state index in [0.29, 0.717) is 5.82 Å². The van der Waals surface area contributed by atoms with E-state index in [-0.39, 0.29) is 6.61 Å². The standard InChI is InChI=1S/C12H10BrN3O/c1-7-4-11-14-15-12(6-17)16(11)10-5-8(13)2-3-9(7)10/h2-5,17H,6H2,1H3. The maximum Gasteiger partial charge on any atom is 0.163 e. The zero-order chi connectivity index (χ0) is 12.0. The summed E-state index contributed by atoms with van der Waals surface area (Å²) < 4.78 is 2.88. The van der Waals surface area contributed by atoms with E-state index in [1.54, 1.807) is 0 Å². The summed E-state index contributed by atoms with van der Waals surface area (Å²) in [5, 5.41) is 18.5. The number of aliphatic hydroxyl groups is 1. The van der Waals surface area contributed by atoms with Gasteiger partial charge in [-0.3, -0.25) is 4.40 Å². The predicted octanol–water partition coefficient (Wildman–Crippen LogP) is 2.45. The Labute approximate surface area is 106 Å². The van der Waals surface area contributed by atoms with Gasteiger partial charge < -0.3 is 5.11 Å². The number of aryl methyl sites for hydroxylation is 1. The smallest absolute Gasteiger partial charge is 0.163 e. The molecule has 0 aliphatic carbocycles. The molecule has 3 rings (SSSR count). The molecule has 0 spiro atoms. The fourth-order valence-corrected chi connectivity index (χ4v) is 2.43. The Morgan fingerprint density at radius 2 is 2.12 bits per heavy atom. The van der Waals surface area contributed by atoms with Crippen LogP contribution in [0.15, 0.2) is 28.7 Å². The molecule has 0 aliphatic heterocycles. The highest BCUT2D eigenvalue weighted by Gasteiger charge is 2.10. The lowest BCUT2D eigenvalue weighted by Gasteiger charge is -2.07. The molecule has 0 bridgehead atoms. The van der Waals surface area contributed by atoms with Gasteiger partial charge >= 0.3 is 0 Å². The van der Waals surface area contributed by atoms with Gasteiger partial charge in [-0.05, 0) is 30.7 Å². The van der Waals surface area contributed by atoms with Gasteiger partial charge in [0.2, 0.25) is 0 Å². The minimum Gasteiger partial charge on any atom is -0.388 e. The SMILES string of the molecule is Cc1cc2nnc(CO)n2c2cc(Br)ccc12. The highest BCUT2D eigenvalue weighted by molar-refractivity contribution is 9.10. The molecule has 4 nitrogen and oxygen atoms in total. The average Bonchev–Trinajstić information content (AvgIpc) is 2.71. The molecule has 0 atom stereocenters. The van der Waals surface area contributed by atoms with Crippen molar-refractivity contribution >= 4 is 32.5 Å². The molecule has 1 N–H and O–H groups in total. The monoisotopic (exact) mass is 291 g/mol. The maximum absolute atomic E-state index is 9.29. The molecule has 0 amide bonds. The molecule has 0 aliphatic rings. The van der Waals surface area contributed by atoms with Crippen LogP contribution in [0.25, 0.3) is 16.6 Å². The minimum atomic E-state index is -0.119. The number of nitrogens with zero attached hydrogens (tertiary/aromatic N) is 3. The summed E-state index contributed by atoms with van der Waals surface area (Å²) in [5.74, 6) is 0.558. The number of benzene rings is 1. The molecular formula is C12H10BrN3O. The van der Waals surface area contributed by atoms with Crippen LogP contribution in [0.3, 0.4) is 0 Å². The fraction of sp³-hybridized carbons (Fsp3) is 0.167. The summed E-state index contributed by atoms with van der Waals surface area (Å²) in [4.78, 5) is 0. The summed E-state index contributed by atoms with van der Waals surface area (Å²) >= 11 is 3.46. The van der Waals surface area contributed by atoms with Crippen LogP contribution in [-0.2, 0) is 6.61 Å². The number of rotatable bonds is 1. The largest absolute Gasteiger partial charge is 0.388 e. The van der Waals surface area contributed by atoms with E-state index < -0.39 is 0 Å². The Kier molecular flexibility index (Phi) is 2.38. The summed E-state index contributed by atoms with van der Waals surface area (Å²) in [7, 11) is 0. The molecule has 0 unspecified atom stereocenters. The van der Waals surface area contributed by atoms with E-state index in [2.05, 4.69) is 32.2 Å². The van der Waals surface area contributed by atoms with Gasteiger partial charge in [0.25, 0.3) is 0 Å². The van der Waals surface area contributed by atoms with Crippen LogP contribution in [-0.4, -0.2) is 19.7 Å². The summed E-state index contributed by atoms with van der Waals surface area (Å²) in [6.07, 6.45) is 0. The van der Waals surface area contributed by atoms with E-state index in [4.69, 9.17) is 0 Å². The molecule has 2 heterocycles. The van der Waals surface area contributed by atoms with Crippen LogP contribution in [0.1, 0.15) is 11.4 Å². The van der Waals surface area contributed by atoms with Gasteiger partial charge in [-0.1, -0.05) is 22.0 Å². The molecule has 86 valence electrons. The number of halogens is 1. The molecule has 0 radical (unpaired) electrons. The lowest BCUT2D eigenvalue weighted by atomic mass is 10.1. The number of aliphatic hydroxyl groups excluding tert-OH is 1. The van der Waals surface area contributed by atoms with Gasteiger partial charge in [-0.15, -0.1) is 10.2 Å². The lowest BCUT2D eigenvalue weighted by molar-refractivity contribution is 0.270. The van der Waals surface area contributed by atoms with E-state index in [9.17, 15) is 5.11 Å². The number of fused-ring (bicyclic) bond motifs is 3. The van der Waals surface area contributed by atoms with Crippen molar-refractivity contribution in [2.45, 2.75) is 13.5 Å². The zero-order valence-corrected chi connectivity index (χ0v) is 10.8. The number of hydrogen-bond acceptors (Lipinski definition) is 3. The molecule has 5 heteroatoms. The quantitative estimate of drug-likeness (QED) is 0.749. The molecule has 0 fully saturated rings. The van der Waals surface area contributed by atoms with Gasteiger partial charge in [0.1, 0.15) is 6.61 Å². The molecular weight excluding hydrogens is 282 g/mol. The van der Waals surface area contributed by atoms with Crippen LogP contribution in [0.2, 0.25) is 0 Å². The van der Waals surface area contributed by atoms with Crippen molar-refractivity contribution in [2.75, 3.05) is 0 Å². The first-order valence-corrected chi connectivity index (χ1v) is 6.04. The lowest BCUT2D eigenvalue weighted by Crippen LogP contribution is -1.97.